The summed E-state index contributed by atoms with van der Waals surface area (Å²) >= 11 is 5.86. The topological polar surface area (TPSA) is 118 Å². The lowest BCUT2D eigenvalue weighted by Gasteiger charge is -2.05. The van der Waals surface area contributed by atoms with E-state index in [9.17, 15) is 19.7 Å². The maximum Gasteiger partial charge on any atom is 0.280 e. The molecule has 0 fully saturated rings. The van der Waals surface area contributed by atoms with Gasteiger partial charge in [-0.2, -0.15) is 5.10 Å². The predicted octanol–water partition coefficient (Wildman–Crippen LogP) is 2.74. The predicted molar refractivity (Wildman–Crippen MR) is 88.4 cm³/mol. The number of fused-ring (bicyclic) bond motifs is 1. The summed E-state index contributed by atoms with van der Waals surface area (Å²) in [5.41, 5.74) is -0.511. The van der Waals surface area contributed by atoms with Crippen LogP contribution in [0.5, 0.6) is 0 Å². The van der Waals surface area contributed by atoms with E-state index < -0.39 is 16.3 Å². The van der Waals surface area contributed by atoms with Crippen molar-refractivity contribution in [2.24, 2.45) is 0 Å². The van der Waals surface area contributed by atoms with E-state index in [0.29, 0.717) is 10.5 Å². The second-order valence-corrected chi connectivity index (χ2v) is 5.29. The lowest BCUT2D eigenvalue weighted by atomic mass is 10.2. The Bertz CT molecular complexity index is 1030. The van der Waals surface area contributed by atoms with Gasteiger partial charge in [0, 0.05) is 22.8 Å². The van der Waals surface area contributed by atoms with E-state index in [1.165, 1.54) is 30.3 Å². The molecule has 120 valence electrons. The zero-order valence-electron chi connectivity index (χ0n) is 11.9. The van der Waals surface area contributed by atoms with Crippen LogP contribution in [-0.2, 0) is 0 Å². The number of halogens is 1. The first-order valence-electron chi connectivity index (χ1n) is 6.69. The van der Waals surface area contributed by atoms with E-state index in [-0.39, 0.29) is 22.5 Å². The van der Waals surface area contributed by atoms with Crippen molar-refractivity contribution in [3.8, 4) is 0 Å². The van der Waals surface area contributed by atoms with Gasteiger partial charge in [-0.1, -0.05) is 17.7 Å². The Hall–Kier alpha value is -3.26. The minimum atomic E-state index is -0.779. The van der Waals surface area contributed by atoms with Gasteiger partial charge in [-0.05, 0) is 24.3 Å². The van der Waals surface area contributed by atoms with Crippen molar-refractivity contribution in [1.82, 2.24) is 10.2 Å². The molecule has 9 heteroatoms. The van der Waals surface area contributed by atoms with Crippen molar-refractivity contribution < 1.29 is 9.72 Å². The summed E-state index contributed by atoms with van der Waals surface area (Å²) < 4.78 is 0. The number of rotatable bonds is 3. The maximum absolute atomic E-state index is 12.4. The number of carbonyl (C=O) groups is 1. The van der Waals surface area contributed by atoms with Gasteiger partial charge in [0.2, 0.25) is 5.43 Å². The average molecular weight is 345 g/mol. The third-order valence-electron chi connectivity index (χ3n) is 3.26. The van der Waals surface area contributed by atoms with Gasteiger partial charge >= 0.3 is 0 Å². The number of hydrogen-bond donors (Lipinski definition) is 2. The number of nitrogens with zero attached hydrogens (tertiary/aromatic N) is 2. The molecule has 0 aliphatic carbocycles. The lowest BCUT2D eigenvalue weighted by molar-refractivity contribution is -0.384. The standard InChI is InChI=1S/C15H9ClN4O4/c16-8-4-5-12-11(6-8)14(21)13(19-18-12)15(22)17-9-2-1-3-10(7-9)20(23)24/h1-7H,(H,17,22)(H,18,21). The van der Waals surface area contributed by atoms with Crippen LogP contribution in [0.25, 0.3) is 10.9 Å². The van der Waals surface area contributed by atoms with Crippen molar-refractivity contribution in [2.75, 3.05) is 5.32 Å². The molecule has 1 aromatic heterocycles. The molecule has 3 rings (SSSR count). The maximum atomic E-state index is 12.4. The number of benzene rings is 2. The molecule has 0 atom stereocenters. The number of non-ortho nitro benzene ring substituents is 1. The van der Waals surface area contributed by atoms with Crippen molar-refractivity contribution >= 4 is 39.8 Å². The molecular formula is C15H9ClN4O4. The summed E-state index contributed by atoms with van der Waals surface area (Å²) in [5, 5.41) is 20.1. The first kappa shape index (κ1) is 15.6. The van der Waals surface area contributed by atoms with Gasteiger partial charge in [0.15, 0.2) is 5.69 Å². The van der Waals surface area contributed by atoms with Gasteiger partial charge in [-0.3, -0.25) is 24.8 Å². The zero-order chi connectivity index (χ0) is 17.3. The number of nitro benzene ring substituents is 1. The average Bonchev–Trinajstić information content (AvgIpc) is 2.56. The fraction of sp³-hybridized carbons (Fsp3) is 0. The van der Waals surface area contributed by atoms with E-state index in [0.717, 1.165) is 0 Å². The molecule has 0 bridgehead atoms. The number of nitro groups is 1. The molecule has 3 aromatic rings. The Labute approximate surface area is 139 Å². The van der Waals surface area contributed by atoms with Crippen LogP contribution in [0.15, 0.2) is 47.3 Å². The number of H-pyrrole nitrogens is 1. The van der Waals surface area contributed by atoms with Crippen LogP contribution >= 0.6 is 11.6 Å². The smallest absolute Gasteiger partial charge is 0.280 e. The van der Waals surface area contributed by atoms with Crippen LogP contribution in [0.3, 0.4) is 0 Å². The first-order valence-corrected chi connectivity index (χ1v) is 7.07. The second kappa shape index (κ2) is 6.09. The van der Waals surface area contributed by atoms with E-state index in [1.807, 2.05) is 0 Å². The van der Waals surface area contributed by atoms with Crippen LogP contribution in [0, 0.1) is 10.1 Å². The first-order chi connectivity index (χ1) is 11.5. The van der Waals surface area contributed by atoms with Crippen molar-refractivity contribution in [2.45, 2.75) is 0 Å². The van der Waals surface area contributed by atoms with E-state index in [4.69, 9.17) is 11.6 Å². The van der Waals surface area contributed by atoms with Gasteiger partial charge in [-0.15, -0.1) is 0 Å². The molecule has 0 saturated carbocycles. The molecule has 0 saturated heterocycles. The van der Waals surface area contributed by atoms with Crippen LogP contribution < -0.4 is 10.7 Å². The van der Waals surface area contributed by atoms with Gasteiger partial charge in [0.1, 0.15) is 0 Å². The highest BCUT2D eigenvalue weighted by atomic mass is 35.5. The molecule has 0 aliphatic rings. The number of aromatic nitrogens is 2. The fourth-order valence-electron chi connectivity index (χ4n) is 2.14. The largest absolute Gasteiger partial charge is 0.320 e. The van der Waals surface area contributed by atoms with E-state index >= 15 is 0 Å². The highest BCUT2D eigenvalue weighted by molar-refractivity contribution is 6.31. The Kier molecular flexibility index (Phi) is 3.97. The Morgan fingerprint density at radius 2 is 2.04 bits per heavy atom. The molecule has 0 radical (unpaired) electrons. The summed E-state index contributed by atoms with van der Waals surface area (Å²) in [4.78, 5) is 34.8. The lowest BCUT2D eigenvalue weighted by Crippen LogP contribution is -2.24. The van der Waals surface area contributed by atoms with Crippen molar-refractivity contribution in [3.63, 3.8) is 0 Å². The van der Waals surface area contributed by atoms with Gasteiger partial charge in [-0.25, -0.2) is 0 Å². The number of carbonyl (C=O) groups excluding carboxylic acids is 1. The minimum Gasteiger partial charge on any atom is -0.320 e. The number of aromatic amines is 1. The quantitative estimate of drug-likeness (QED) is 0.559. The summed E-state index contributed by atoms with van der Waals surface area (Å²) in [6, 6.07) is 9.96. The molecule has 1 amide bonds. The van der Waals surface area contributed by atoms with Crippen molar-refractivity contribution in [1.29, 1.82) is 0 Å². The van der Waals surface area contributed by atoms with Gasteiger partial charge in [0.05, 0.1) is 15.8 Å². The summed E-state index contributed by atoms with van der Waals surface area (Å²) in [5.74, 6) is -0.779. The number of amides is 1. The molecular weight excluding hydrogens is 336 g/mol. The van der Waals surface area contributed by atoms with Gasteiger partial charge in [0.25, 0.3) is 11.6 Å². The second-order valence-electron chi connectivity index (χ2n) is 4.85. The van der Waals surface area contributed by atoms with Crippen LogP contribution in [0.1, 0.15) is 10.5 Å². The number of anilines is 1. The highest BCUT2D eigenvalue weighted by Crippen LogP contribution is 2.18. The zero-order valence-corrected chi connectivity index (χ0v) is 12.7. The van der Waals surface area contributed by atoms with Crippen LogP contribution in [0.2, 0.25) is 5.02 Å². The molecule has 2 N–H and O–H groups in total. The molecule has 0 spiro atoms. The van der Waals surface area contributed by atoms with E-state index in [2.05, 4.69) is 15.5 Å². The SMILES string of the molecule is O=C(Nc1cccc([N+](=O)[O-])c1)c1n[nH]c2ccc(Cl)cc2c1=O. The Balaban J connectivity index is 1.97. The third-order valence-corrected chi connectivity index (χ3v) is 3.49. The molecule has 0 aliphatic heterocycles. The summed E-state index contributed by atoms with van der Waals surface area (Å²) in [7, 11) is 0. The third kappa shape index (κ3) is 2.95. The monoisotopic (exact) mass is 344 g/mol. The molecule has 24 heavy (non-hydrogen) atoms. The van der Waals surface area contributed by atoms with Crippen LogP contribution in [0.4, 0.5) is 11.4 Å². The molecule has 8 nitrogen and oxygen atoms in total. The number of nitrogens with one attached hydrogen (secondary N) is 2. The summed E-state index contributed by atoms with van der Waals surface area (Å²) in [6.07, 6.45) is 0. The minimum absolute atomic E-state index is 0.181. The van der Waals surface area contributed by atoms with Gasteiger partial charge < -0.3 is 5.32 Å². The Morgan fingerprint density at radius 3 is 2.79 bits per heavy atom. The van der Waals surface area contributed by atoms with Crippen LogP contribution in [-0.4, -0.2) is 21.0 Å². The fourth-order valence-corrected chi connectivity index (χ4v) is 2.31. The van der Waals surface area contributed by atoms with Crippen molar-refractivity contribution in [3.05, 3.63) is 73.5 Å². The number of hydrogen-bond acceptors (Lipinski definition) is 5. The highest BCUT2D eigenvalue weighted by Gasteiger charge is 2.16. The molecule has 2 aromatic carbocycles. The summed E-state index contributed by atoms with van der Waals surface area (Å²) in [6.45, 7) is 0. The molecule has 0 unspecified atom stereocenters. The normalized spacial score (nSPS) is 10.5. The Morgan fingerprint density at radius 1 is 1.25 bits per heavy atom. The molecule has 1 heterocycles. The van der Waals surface area contributed by atoms with E-state index in [1.54, 1.807) is 12.1 Å².